The Hall–Kier alpha value is 0.0400. The second-order valence-corrected chi connectivity index (χ2v) is 3.42. The van der Waals surface area contributed by atoms with Crippen LogP contribution in [0.2, 0.25) is 0 Å². The zero-order valence-corrected chi connectivity index (χ0v) is 6.50. The first-order chi connectivity index (χ1) is 4.43. The van der Waals surface area contributed by atoms with Crippen molar-refractivity contribution in [1.82, 2.24) is 0 Å². The summed E-state index contributed by atoms with van der Waals surface area (Å²) in [4.78, 5) is 0. The summed E-state index contributed by atoms with van der Waals surface area (Å²) < 4.78 is 35.8. The second-order valence-electron chi connectivity index (χ2n) is 3.42. The van der Waals surface area contributed by atoms with E-state index < -0.39 is 17.6 Å². The average molecular weight is 188 g/mol. The van der Waals surface area contributed by atoms with Crippen molar-refractivity contribution < 1.29 is 13.2 Å². The smallest absolute Gasteiger partial charge is 0.325 e. The summed E-state index contributed by atoms with van der Waals surface area (Å²) in [7, 11) is 0. The van der Waals surface area contributed by atoms with Gasteiger partial charge >= 0.3 is 6.18 Å². The molecule has 0 aromatic carbocycles. The molecule has 3 aliphatic carbocycles. The average Bonchev–Trinajstić information content (AvgIpc) is 1.53. The Kier molecular flexibility index (Phi) is 1.70. The summed E-state index contributed by atoms with van der Waals surface area (Å²) in [6, 6.07) is 0. The Bertz CT molecular complexity index is 168. The molecular weight excluding hydrogens is 179 g/mol. The van der Waals surface area contributed by atoms with Gasteiger partial charge in [-0.2, -0.15) is 13.2 Å². The lowest BCUT2D eigenvalue weighted by atomic mass is 9.42. The first kappa shape index (κ1) is 9.13. The summed E-state index contributed by atoms with van der Waals surface area (Å²) >= 11 is 0. The van der Waals surface area contributed by atoms with Crippen LogP contribution in [0, 0.1) is 11.8 Å². The molecule has 0 radical (unpaired) electrons. The van der Waals surface area contributed by atoms with Crippen LogP contribution in [-0.2, 0) is 0 Å². The summed E-state index contributed by atoms with van der Waals surface area (Å²) in [6.45, 7) is 0. The van der Waals surface area contributed by atoms with E-state index in [2.05, 4.69) is 0 Å². The van der Waals surface area contributed by atoms with Crippen LogP contribution in [0.1, 0.15) is 12.8 Å². The first-order valence-electron chi connectivity index (χ1n) is 3.29. The molecule has 3 fully saturated rings. The molecular formula is C6H9ClF3N. The Morgan fingerprint density at radius 1 is 1.27 bits per heavy atom. The van der Waals surface area contributed by atoms with Gasteiger partial charge in [-0.25, -0.2) is 0 Å². The molecule has 3 saturated carbocycles. The first-order valence-corrected chi connectivity index (χ1v) is 3.29. The van der Waals surface area contributed by atoms with E-state index in [0.717, 1.165) is 0 Å². The number of halogens is 4. The topological polar surface area (TPSA) is 26.0 Å². The maximum Gasteiger partial charge on any atom is 0.393 e. The third kappa shape index (κ3) is 0.957. The Labute approximate surface area is 68.5 Å². The highest BCUT2D eigenvalue weighted by Crippen LogP contribution is 2.65. The second kappa shape index (κ2) is 2.04. The van der Waals surface area contributed by atoms with Gasteiger partial charge in [-0.3, -0.25) is 0 Å². The van der Waals surface area contributed by atoms with E-state index >= 15 is 0 Å². The predicted molar refractivity (Wildman–Crippen MR) is 36.4 cm³/mol. The van der Waals surface area contributed by atoms with Crippen molar-refractivity contribution in [2.24, 2.45) is 17.6 Å². The van der Waals surface area contributed by atoms with Gasteiger partial charge in [-0.05, 0) is 18.8 Å². The highest BCUT2D eigenvalue weighted by molar-refractivity contribution is 5.85. The monoisotopic (exact) mass is 187 g/mol. The Morgan fingerprint density at radius 2 is 1.73 bits per heavy atom. The molecule has 66 valence electrons. The van der Waals surface area contributed by atoms with Gasteiger partial charge < -0.3 is 5.73 Å². The summed E-state index contributed by atoms with van der Waals surface area (Å²) in [5.74, 6) is -1.33. The number of hydrogen-bond donors (Lipinski definition) is 1. The van der Waals surface area contributed by atoms with Crippen LogP contribution in [0.25, 0.3) is 0 Å². The van der Waals surface area contributed by atoms with Crippen LogP contribution < -0.4 is 5.73 Å². The van der Waals surface area contributed by atoms with Crippen molar-refractivity contribution >= 4 is 12.4 Å². The van der Waals surface area contributed by atoms with E-state index in [-0.39, 0.29) is 18.3 Å². The van der Waals surface area contributed by atoms with E-state index in [9.17, 15) is 13.2 Å². The molecule has 11 heavy (non-hydrogen) atoms. The molecule has 0 aromatic heterocycles. The minimum Gasteiger partial charge on any atom is -0.325 e. The van der Waals surface area contributed by atoms with Gasteiger partial charge in [-0.1, -0.05) is 0 Å². The minimum atomic E-state index is -4.05. The maximum atomic E-state index is 11.9. The van der Waals surface area contributed by atoms with Gasteiger partial charge in [-0.15, -0.1) is 12.4 Å². The number of rotatable bonds is 0. The number of nitrogens with two attached hydrogens (primary N) is 1. The molecule has 0 aromatic rings. The Balaban J connectivity index is 0.000000605. The van der Waals surface area contributed by atoms with Crippen molar-refractivity contribution in [3.05, 3.63) is 0 Å². The fourth-order valence-electron chi connectivity index (χ4n) is 2.15. The quantitative estimate of drug-likeness (QED) is 0.614. The van der Waals surface area contributed by atoms with Crippen molar-refractivity contribution in [2.45, 2.75) is 24.6 Å². The molecule has 0 spiro atoms. The fraction of sp³-hybridized carbons (Fsp3) is 1.00. The summed E-state index contributed by atoms with van der Waals surface area (Å²) in [5.41, 5.74) is 4.54. The van der Waals surface area contributed by atoms with Crippen molar-refractivity contribution in [3.8, 4) is 0 Å². The van der Waals surface area contributed by atoms with Gasteiger partial charge in [0.2, 0.25) is 0 Å². The molecule has 2 N–H and O–H groups in total. The lowest BCUT2D eigenvalue weighted by Gasteiger charge is -2.66. The molecule has 0 amide bonds. The third-order valence-electron chi connectivity index (χ3n) is 2.73. The number of alkyl halides is 3. The lowest BCUT2D eigenvalue weighted by molar-refractivity contribution is -0.292. The highest BCUT2D eigenvalue weighted by atomic mass is 35.5. The molecule has 0 heterocycles. The van der Waals surface area contributed by atoms with Crippen LogP contribution in [0.4, 0.5) is 13.2 Å². The van der Waals surface area contributed by atoms with E-state index in [1.54, 1.807) is 0 Å². The standard InChI is InChI=1S/C6H8F3N.ClH/c7-6(8,9)4-3-1-5(4,10)2-3;/h3-4H,1-2,10H2;1H. The minimum absolute atomic E-state index is 0. The van der Waals surface area contributed by atoms with E-state index in [1.165, 1.54) is 0 Å². The van der Waals surface area contributed by atoms with E-state index in [0.29, 0.717) is 12.8 Å². The van der Waals surface area contributed by atoms with E-state index in [1.807, 2.05) is 0 Å². The van der Waals surface area contributed by atoms with Gasteiger partial charge in [0.15, 0.2) is 0 Å². The fourth-order valence-corrected chi connectivity index (χ4v) is 2.15. The molecule has 0 aliphatic heterocycles. The zero-order chi connectivity index (χ0) is 7.57. The molecule has 5 heteroatoms. The van der Waals surface area contributed by atoms with E-state index in [4.69, 9.17) is 5.73 Å². The maximum absolute atomic E-state index is 11.9. The van der Waals surface area contributed by atoms with Gasteiger partial charge in [0.05, 0.1) is 5.92 Å². The van der Waals surface area contributed by atoms with Crippen LogP contribution in [0.5, 0.6) is 0 Å². The van der Waals surface area contributed by atoms with Crippen LogP contribution in [0.15, 0.2) is 0 Å². The summed E-state index contributed by atoms with van der Waals surface area (Å²) in [5, 5.41) is 0. The van der Waals surface area contributed by atoms with Crippen molar-refractivity contribution in [1.29, 1.82) is 0 Å². The van der Waals surface area contributed by atoms with Gasteiger partial charge in [0, 0.05) is 5.54 Å². The normalized spacial score (nSPS) is 46.9. The van der Waals surface area contributed by atoms with Crippen molar-refractivity contribution in [3.63, 3.8) is 0 Å². The SMILES string of the molecule is Cl.NC12CC(C1)C2C(F)(F)F. The predicted octanol–water partition coefficient (Wildman–Crippen LogP) is 1.71. The van der Waals surface area contributed by atoms with Crippen LogP contribution in [0.3, 0.4) is 0 Å². The molecule has 3 rings (SSSR count). The molecule has 1 unspecified atom stereocenters. The molecule has 2 bridgehead atoms. The Morgan fingerprint density at radius 3 is 1.73 bits per heavy atom. The third-order valence-corrected chi connectivity index (χ3v) is 2.73. The summed E-state index contributed by atoms with van der Waals surface area (Å²) in [6.07, 6.45) is -2.88. The van der Waals surface area contributed by atoms with Gasteiger partial charge in [0.25, 0.3) is 0 Å². The largest absolute Gasteiger partial charge is 0.393 e. The zero-order valence-electron chi connectivity index (χ0n) is 5.69. The molecule has 1 nitrogen and oxygen atoms in total. The highest BCUT2D eigenvalue weighted by Gasteiger charge is 2.72. The van der Waals surface area contributed by atoms with Crippen molar-refractivity contribution in [2.75, 3.05) is 0 Å². The van der Waals surface area contributed by atoms with Crippen LogP contribution >= 0.6 is 12.4 Å². The molecule has 3 aliphatic rings. The van der Waals surface area contributed by atoms with Crippen LogP contribution in [-0.4, -0.2) is 11.7 Å². The number of hydrogen-bond acceptors (Lipinski definition) is 1. The molecule has 0 saturated heterocycles. The molecule has 1 atom stereocenters. The lowest BCUT2D eigenvalue weighted by Crippen LogP contribution is -2.76. The van der Waals surface area contributed by atoms with Gasteiger partial charge in [0.1, 0.15) is 0 Å².